The molecule has 1 amide bonds. The van der Waals surface area contributed by atoms with Crippen molar-refractivity contribution >= 4 is 11.9 Å². The highest BCUT2D eigenvalue weighted by molar-refractivity contribution is 5.98. The SMILES string of the molecule is CC(C)N1C(=O)c2ccccc2C(O)(c2ccc(F)cc2)C1/C=C/C(=O)[O-]. The van der Waals surface area contributed by atoms with E-state index in [2.05, 4.69) is 0 Å². The molecule has 0 fully saturated rings. The van der Waals surface area contributed by atoms with Gasteiger partial charge in [0.05, 0.1) is 12.0 Å². The summed E-state index contributed by atoms with van der Waals surface area (Å²) in [5.74, 6) is -2.23. The highest BCUT2D eigenvalue weighted by atomic mass is 19.1. The van der Waals surface area contributed by atoms with Crippen LogP contribution < -0.4 is 5.11 Å². The molecule has 1 aliphatic rings. The van der Waals surface area contributed by atoms with Gasteiger partial charge in [0.2, 0.25) is 0 Å². The first-order valence-electron chi connectivity index (χ1n) is 8.56. The second-order valence-electron chi connectivity index (χ2n) is 6.75. The summed E-state index contributed by atoms with van der Waals surface area (Å²) in [5.41, 5.74) is -0.751. The third-order valence-corrected chi connectivity index (χ3v) is 4.79. The average molecular weight is 368 g/mol. The maximum absolute atomic E-state index is 13.4. The number of hydrogen-bond donors (Lipinski definition) is 1. The van der Waals surface area contributed by atoms with Crippen LogP contribution in [0.15, 0.2) is 60.7 Å². The van der Waals surface area contributed by atoms with Crippen molar-refractivity contribution in [1.82, 2.24) is 4.90 Å². The molecule has 0 spiro atoms. The van der Waals surface area contributed by atoms with Crippen LogP contribution in [0, 0.1) is 5.82 Å². The number of aliphatic hydroxyl groups is 1. The predicted octanol–water partition coefficient (Wildman–Crippen LogP) is 1.60. The quantitative estimate of drug-likeness (QED) is 0.832. The van der Waals surface area contributed by atoms with Gasteiger partial charge in [0.15, 0.2) is 0 Å². The molecule has 2 aromatic rings. The van der Waals surface area contributed by atoms with Crippen LogP contribution in [0.5, 0.6) is 0 Å². The second kappa shape index (κ2) is 6.96. The number of aliphatic carboxylic acids is 1. The fourth-order valence-corrected chi connectivity index (χ4v) is 3.62. The molecule has 2 aromatic carbocycles. The lowest BCUT2D eigenvalue weighted by molar-refractivity contribution is -0.297. The van der Waals surface area contributed by atoms with Crippen molar-refractivity contribution in [3.63, 3.8) is 0 Å². The summed E-state index contributed by atoms with van der Waals surface area (Å²) in [7, 11) is 0. The molecule has 1 aliphatic heterocycles. The first-order valence-corrected chi connectivity index (χ1v) is 8.56. The fraction of sp³-hybridized carbons (Fsp3) is 0.238. The van der Waals surface area contributed by atoms with E-state index in [0.717, 1.165) is 6.08 Å². The maximum Gasteiger partial charge on any atom is 0.255 e. The van der Waals surface area contributed by atoms with Gasteiger partial charge in [0.25, 0.3) is 5.91 Å². The molecule has 6 heteroatoms. The molecule has 1 N–H and O–H groups in total. The standard InChI is InChI=1S/C21H20FNO4/c1-13(2)23-18(11-12-19(24)25)21(27,14-7-9-15(22)10-8-14)17-6-4-3-5-16(17)20(23)26/h3-13,18,27H,1-2H3,(H,24,25)/p-1/b12-11+. The number of benzene rings is 2. The molecule has 0 aromatic heterocycles. The number of carbonyl (C=O) groups is 2. The molecule has 1 heterocycles. The molecule has 140 valence electrons. The van der Waals surface area contributed by atoms with Crippen molar-refractivity contribution in [3.8, 4) is 0 Å². The molecule has 0 saturated carbocycles. The van der Waals surface area contributed by atoms with E-state index >= 15 is 0 Å². The van der Waals surface area contributed by atoms with Gasteiger partial charge in [-0.05, 0) is 43.7 Å². The number of carbonyl (C=O) groups excluding carboxylic acids is 2. The van der Waals surface area contributed by atoms with E-state index in [0.29, 0.717) is 16.7 Å². The Bertz CT molecular complexity index is 907. The van der Waals surface area contributed by atoms with Gasteiger partial charge in [0.1, 0.15) is 11.4 Å². The third kappa shape index (κ3) is 3.13. The van der Waals surface area contributed by atoms with Gasteiger partial charge in [-0.25, -0.2) is 4.39 Å². The Morgan fingerprint density at radius 1 is 1.22 bits per heavy atom. The molecule has 5 nitrogen and oxygen atoms in total. The molecule has 0 radical (unpaired) electrons. The van der Waals surface area contributed by atoms with Crippen LogP contribution in [0.25, 0.3) is 0 Å². The number of amides is 1. The van der Waals surface area contributed by atoms with Gasteiger partial charge in [0, 0.05) is 17.2 Å². The Balaban J connectivity index is 2.32. The molecular weight excluding hydrogens is 349 g/mol. The van der Waals surface area contributed by atoms with Crippen LogP contribution in [-0.2, 0) is 10.4 Å². The van der Waals surface area contributed by atoms with Crippen LogP contribution in [0.4, 0.5) is 4.39 Å². The van der Waals surface area contributed by atoms with Crippen LogP contribution in [0.3, 0.4) is 0 Å². The molecular formula is C21H19FNO4-. The van der Waals surface area contributed by atoms with Crippen molar-refractivity contribution in [1.29, 1.82) is 0 Å². The zero-order valence-electron chi connectivity index (χ0n) is 14.9. The van der Waals surface area contributed by atoms with Crippen molar-refractivity contribution in [2.45, 2.75) is 31.5 Å². The van der Waals surface area contributed by atoms with E-state index in [-0.39, 0.29) is 11.9 Å². The lowest BCUT2D eigenvalue weighted by atomic mass is 9.73. The Morgan fingerprint density at radius 2 is 1.85 bits per heavy atom. The van der Waals surface area contributed by atoms with E-state index in [1.165, 1.54) is 35.2 Å². The average Bonchev–Trinajstić information content (AvgIpc) is 2.63. The summed E-state index contributed by atoms with van der Waals surface area (Å²) < 4.78 is 13.4. The zero-order valence-corrected chi connectivity index (χ0v) is 14.9. The van der Waals surface area contributed by atoms with Gasteiger partial charge in [-0.15, -0.1) is 0 Å². The van der Waals surface area contributed by atoms with Gasteiger partial charge in [-0.3, -0.25) is 4.79 Å². The number of nitrogens with zero attached hydrogens (tertiary/aromatic N) is 1. The van der Waals surface area contributed by atoms with E-state index < -0.39 is 23.4 Å². The van der Waals surface area contributed by atoms with E-state index in [9.17, 15) is 24.2 Å². The minimum Gasteiger partial charge on any atom is -0.545 e. The van der Waals surface area contributed by atoms with Crippen molar-refractivity contribution in [2.24, 2.45) is 0 Å². The minimum atomic E-state index is -1.76. The highest BCUT2D eigenvalue weighted by Gasteiger charge is 2.50. The Kier molecular flexibility index (Phi) is 4.85. The summed E-state index contributed by atoms with van der Waals surface area (Å²) in [6, 6.07) is 10.6. The molecule has 2 unspecified atom stereocenters. The number of fused-ring (bicyclic) bond motifs is 1. The molecule has 3 rings (SSSR count). The fourth-order valence-electron chi connectivity index (χ4n) is 3.62. The first-order chi connectivity index (χ1) is 12.8. The molecule has 27 heavy (non-hydrogen) atoms. The van der Waals surface area contributed by atoms with E-state index in [4.69, 9.17) is 0 Å². The number of carboxylic acids is 1. The summed E-state index contributed by atoms with van der Waals surface area (Å²) in [5, 5.41) is 22.8. The summed E-state index contributed by atoms with van der Waals surface area (Å²) in [4.78, 5) is 25.5. The number of halogens is 1. The molecule has 0 bridgehead atoms. The van der Waals surface area contributed by atoms with Crippen LogP contribution >= 0.6 is 0 Å². The van der Waals surface area contributed by atoms with Gasteiger partial charge < -0.3 is 19.9 Å². The first kappa shape index (κ1) is 18.8. The number of carboxylic acid groups (broad SMARTS) is 1. The lowest BCUT2D eigenvalue weighted by Crippen LogP contribution is -2.59. The van der Waals surface area contributed by atoms with Crippen LogP contribution in [0.2, 0.25) is 0 Å². The Hall–Kier alpha value is -2.99. The van der Waals surface area contributed by atoms with Crippen LogP contribution in [0.1, 0.15) is 35.3 Å². The van der Waals surface area contributed by atoms with Crippen molar-refractivity contribution in [2.75, 3.05) is 0 Å². The second-order valence-corrected chi connectivity index (χ2v) is 6.75. The zero-order chi connectivity index (χ0) is 19.8. The van der Waals surface area contributed by atoms with Gasteiger partial charge in [-0.1, -0.05) is 36.4 Å². The smallest absolute Gasteiger partial charge is 0.255 e. The maximum atomic E-state index is 13.4. The van der Waals surface area contributed by atoms with Crippen LogP contribution in [-0.4, -0.2) is 34.0 Å². The Morgan fingerprint density at radius 3 is 2.44 bits per heavy atom. The largest absolute Gasteiger partial charge is 0.545 e. The predicted molar refractivity (Wildman–Crippen MR) is 95.1 cm³/mol. The lowest BCUT2D eigenvalue weighted by Gasteiger charge is -2.48. The summed E-state index contributed by atoms with van der Waals surface area (Å²) in [6.07, 6.45) is 2.04. The van der Waals surface area contributed by atoms with E-state index in [1.807, 2.05) is 0 Å². The monoisotopic (exact) mass is 368 g/mol. The highest BCUT2D eigenvalue weighted by Crippen LogP contribution is 2.43. The third-order valence-electron chi connectivity index (χ3n) is 4.79. The summed E-state index contributed by atoms with van der Waals surface area (Å²) >= 11 is 0. The molecule has 2 atom stereocenters. The van der Waals surface area contributed by atoms with Crippen molar-refractivity contribution in [3.05, 3.63) is 83.2 Å². The molecule has 0 saturated heterocycles. The van der Waals surface area contributed by atoms with Gasteiger partial charge >= 0.3 is 0 Å². The Labute approximate surface area is 156 Å². The summed E-state index contributed by atoms with van der Waals surface area (Å²) in [6.45, 7) is 3.55. The minimum absolute atomic E-state index is 0.316. The van der Waals surface area contributed by atoms with Gasteiger partial charge in [-0.2, -0.15) is 0 Å². The normalized spacial score (nSPS) is 22.3. The van der Waals surface area contributed by atoms with Crippen molar-refractivity contribution < 1.29 is 24.2 Å². The molecule has 0 aliphatic carbocycles. The number of rotatable bonds is 4. The van der Waals surface area contributed by atoms with E-state index in [1.54, 1.807) is 38.1 Å². The topological polar surface area (TPSA) is 80.7 Å². The number of hydrogen-bond acceptors (Lipinski definition) is 4.